The Morgan fingerprint density at radius 1 is 0.464 bits per heavy atom. The van der Waals surface area contributed by atoms with Crippen LogP contribution in [0.25, 0.3) is 0 Å². The summed E-state index contributed by atoms with van der Waals surface area (Å²) in [6.45, 7) is 49.2. The number of esters is 2. The molecule has 3 heterocycles. The number of nitrogens with one attached hydrogen (secondary N) is 2. The Bertz CT molecular complexity index is 4510. The summed E-state index contributed by atoms with van der Waals surface area (Å²) in [5.74, 6) is 0.0276. The van der Waals surface area contributed by atoms with Gasteiger partial charge in [0.25, 0.3) is 0 Å². The zero-order chi connectivity index (χ0) is 80.3. The van der Waals surface area contributed by atoms with Gasteiger partial charge >= 0.3 is 17.9 Å². The highest BCUT2D eigenvalue weighted by Gasteiger charge is 2.50. The molecule has 0 saturated carbocycles. The molecule has 110 heavy (non-hydrogen) atoms. The van der Waals surface area contributed by atoms with E-state index in [1.54, 1.807) is 53.9 Å². The highest BCUT2D eigenvalue weighted by Crippen LogP contribution is 2.54. The van der Waals surface area contributed by atoms with Gasteiger partial charge in [0.2, 0.25) is 0 Å². The average Bonchev–Trinajstić information content (AvgIpc) is 1.56. The normalized spacial score (nSPS) is 17.1. The first-order valence-corrected chi connectivity index (χ1v) is 41.4. The molecule has 3 aromatic heterocycles. The van der Waals surface area contributed by atoms with Crippen LogP contribution in [-0.2, 0) is 66.4 Å². The molecule has 16 nitrogen and oxygen atoms in total. The maximum Gasteiger partial charge on any atom is 0.338 e. The van der Waals surface area contributed by atoms with Crippen LogP contribution in [0.1, 0.15) is 237 Å². The molecule has 0 amide bonds. The number of benzene rings is 6. The molecular weight excluding hydrogens is 1430 g/mol. The number of aromatic nitrogens is 3. The Morgan fingerprint density at radius 2 is 0.773 bits per heavy atom. The number of hydrogen-bond acceptors (Lipinski definition) is 18. The van der Waals surface area contributed by atoms with Gasteiger partial charge in [-0.2, -0.15) is 0 Å². The quantitative estimate of drug-likeness (QED) is 0.0415. The first-order valence-electron chi connectivity index (χ1n) is 39.0. The summed E-state index contributed by atoms with van der Waals surface area (Å²) >= 11 is 5.29. The summed E-state index contributed by atoms with van der Waals surface area (Å²) in [6, 6.07) is 54.1. The summed E-state index contributed by atoms with van der Waals surface area (Å²) in [4.78, 5) is 74.6. The molecule has 0 spiro atoms. The maximum atomic E-state index is 12.8. The number of aromatic carboxylic acids is 1. The standard InChI is InChI=1S/C31H41N3O2S.C29H37N3O2S.C24H32N2O3S.C7H9N/c1-8-36-28(35)23-14-16-24(17-15-23)34(20-21(2)3)29-33-26-27(37-29)30(4,5)18-25(31(26,6)7)32-19-22-12-10-9-11-13-22;1-19(2)18-32(22-14-12-21(13-15-22)26(33)34)27-31-24-25(35-27)28(3,4)16-23(29(24,5)6)30-17-20-10-8-7-9-11-20;1-8-29-21(28)16-9-11-17(12-10-16)26(14-15(2)3)22-25-19-20(30-22)23(4,5)13-18(27)24(19,6)7;8-6-7-4-2-1-3-5-7/h9-17,21,25,32H,8,18-20H2,1-7H3;7-15,19,23,30H,16-18H2,1-6H3,(H,33,34);9-12,15H,8,13-14H2,1-7H3;1-5H,6,8H2. The Labute approximate surface area is 667 Å². The van der Waals surface area contributed by atoms with Crippen molar-refractivity contribution in [3.8, 4) is 0 Å². The maximum absolute atomic E-state index is 12.8. The number of carboxylic acid groups (broad SMARTS) is 1. The number of fused-ring (bicyclic) bond motifs is 3. The molecule has 0 bridgehead atoms. The van der Waals surface area contributed by atoms with Crippen molar-refractivity contribution in [3.05, 3.63) is 229 Å². The number of nitrogens with two attached hydrogens (primary N) is 1. The molecule has 5 N–H and O–H groups in total. The molecule has 0 radical (unpaired) electrons. The molecule has 2 unspecified atom stereocenters. The molecule has 9 aromatic rings. The molecule has 6 aromatic carbocycles. The van der Waals surface area contributed by atoms with Crippen molar-refractivity contribution in [2.45, 2.75) is 222 Å². The van der Waals surface area contributed by atoms with Gasteiger partial charge in [-0.15, -0.1) is 34.0 Å². The van der Waals surface area contributed by atoms with E-state index in [1.165, 1.54) is 42.7 Å². The van der Waals surface area contributed by atoms with Gasteiger partial charge in [0.15, 0.2) is 15.4 Å². The van der Waals surface area contributed by atoms with Crippen molar-refractivity contribution in [2.24, 2.45) is 23.5 Å². The first kappa shape index (κ1) is 85.6. The topological polar surface area (TPSA) is 205 Å². The minimum absolute atomic E-state index is 0.00574. The van der Waals surface area contributed by atoms with Crippen LogP contribution in [0.2, 0.25) is 0 Å². The van der Waals surface area contributed by atoms with Crippen molar-refractivity contribution in [1.29, 1.82) is 0 Å². The van der Waals surface area contributed by atoms with Crippen LogP contribution in [0.15, 0.2) is 164 Å². The Hall–Kier alpha value is -8.43. The predicted octanol–water partition coefficient (Wildman–Crippen LogP) is 20.8. The van der Waals surface area contributed by atoms with Crippen LogP contribution in [0, 0.1) is 17.8 Å². The largest absolute Gasteiger partial charge is 0.478 e. The number of ether oxygens (including phenoxy) is 2. The van der Waals surface area contributed by atoms with E-state index in [2.05, 4.69) is 197 Å². The van der Waals surface area contributed by atoms with Crippen LogP contribution in [0.5, 0.6) is 0 Å². The SMILES string of the molecule is CC(C)CN(c1ccc(C(=O)O)cc1)c1nc2c(s1)C(C)(C)CC(NCc1ccccc1)C2(C)C.CCOC(=O)c1ccc(N(CC(C)C)c2nc3c(s2)C(C)(C)CC(=O)C3(C)C)cc1.CCOC(=O)c1ccc(N(CC(C)C)c2nc3c(s2)C(C)(C)CC(NCc2ccccc2)C3(C)C)cc1.NCc1ccccc1. The third-order valence-electron chi connectivity index (χ3n) is 21.0. The lowest BCUT2D eigenvalue weighted by atomic mass is 9.65. The van der Waals surface area contributed by atoms with Gasteiger partial charge in [0.05, 0.1) is 52.4 Å². The van der Waals surface area contributed by atoms with Gasteiger partial charge < -0.3 is 45.6 Å². The second-order valence-electron chi connectivity index (χ2n) is 34.2. The van der Waals surface area contributed by atoms with Crippen LogP contribution < -0.4 is 31.1 Å². The number of carboxylic acids is 1. The number of nitrogens with zero attached hydrogens (tertiary/aromatic N) is 6. The van der Waals surface area contributed by atoms with E-state index in [0.717, 1.165) is 83.7 Å². The summed E-state index contributed by atoms with van der Waals surface area (Å²) in [6.07, 6.45) is 2.63. The van der Waals surface area contributed by atoms with Gasteiger partial charge in [0.1, 0.15) is 5.78 Å². The second-order valence-corrected chi connectivity index (χ2v) is 37.1. The van der Waals surface area contributed by atoms with Crippen LogP contribution >= 0.6 is 34.0 Å². The molecule has 3 aliphatic rings. The molecule has 0 aliphatic heterocycles. The summed E-state index contributed by atoms with van der Waals surface area (Å²) in [5, 5.41) is 19.9. The number of anilines is 6. The third-order valence-corrected chi connectivity index (χ3v) is 25.3. The van der Waals surface area contributed by atoms with Gasteiger partial charge in [0, 0.05) is 117 Å². The summed E-state index contributed by atoms with van der Waals surface area (Å²) < 4.78 is 10.3. The number of rotatable bonds is 24. The summed E-state index contributed by atoms with van der Waals surface area (Å²) in [5.41, 5.74) is 15.8. The van der Waals surface area contributed by atoms with Crippen LogP contribution in [-0.4, -0.2) is 88.7 Å². The predicted molar refractivity (Wildman–Crippen MR) is 456 cm³/mol. The van der Waals surface area contributed by atoms with E-state index in [9.17, 15) is 24.3 Å². The fourth-order valence-corrected chi connectivity index (χ4v) is 18.6. The van der Waals surface area contributed by atoms with Gasteiger partial charge in [-0.3, -0.25) is 4.79 Å². The fourth-order valence-electron chi connectivity index (χ4n) is 14.5. The van der Waals surface area contributed by atoms with Crippen molar-refractivity contribution < 1.29 is 33.8 Å². The zero-order valence-electron chi connectivity index (χ0n) is 68.6. The van der Waals surface area contributed by atoms with E-state index in [4.69, 9.17) is 30.2 Å². The van der Waals surface area contributed by atoms with Gasteiger partial charge in [-0.25, -0.2) is 29.3 Å². The number of carbonyl (C=O) groups is 4. The van der Waals surface area contributed by atoms with Crippen molar-refractivity contribution in [2.75, 3.05) is 47.5 Å². The number of thiazole rings is 3. The Kier molecular flexibility index (Phi) is 28.3. The molecule has 3 aliphatic carbocycles. The highest BCUT2D eigenvalue weighted by molar-refractivity contribution is 7.16. The number of Topliss-reactive ketones (excluding diaryl/α,β-unsaturated/α-hetero) is 1. The first-order chi connectivity index (χ1) is 51.9. The van der Waals surface area contributed by atoms with E-state index >= 15 is 0 Å². The van der Waals surface area contributed by atoms with Crippen molar-refractivity contribution >= 4 is 90.2 Å². The molecule has 588 valence electrons. The number of ketones is 1. The third kappa shape index (κ3) is 20.6. The van der Waals surface area contributed by atoms with Crippen LogP contribution in [0.4, 0.5) is 32.5 Å². The molecule has 2 atom stereocenters. The zero-order valence-corrected chi connectivity index (χ0v) is 71.1. The monoisotopic (exact) mass is 1550 g/mol. The highest BCUT2D eigenvalue weighted by atomic mass is 32.1. The van der Waals surface area contributed by atoms with E-state index in [0.29, 0.717) is 72.7 Å². The molecule has 0 fully saturated rings. The molecular formula is C91H119N9O7S3. The number of carbonyl (C=O) groups excluding carboxylic acids is 3. The summed E-state index contributed by atoms with van der Waals surface area (Å²) in [7, 11) is 0. The second kappa shape index (κ2) is 36.4. The van der Waals surface area contributed by atoms with Gasteiger partial charge in [-0.1, -0.05) is 202 Å². The van der Waals surface area contributed by atoms with E-state index in [1.807, 2.05) is 111 Å². The number of hydrogen-bond donors (Lipinski definition) is 4. The van der Waals surface area contributed by atoms with Crippen molar-refractivity contribution in [3.63, 3.8) is 0 Å². The lowest BCUT2D eigenvalue weighted by molar-refractivity contribution is -0.125. The Morgan fingerprint density at radius 3 is 1.07 bits per heavy atom. The fraction of sp³-hybridized carbons (Fsp3) is 0.462. The molecule has 19 heteroatoms. The van der Waals surface area contributed by atoms with E-state index in [-0.39, 0.29) is 44.8 Å². The minimum Gasteiger partial charge on any atom is -0.478 e. The van der Waals surface area contributed by atoms with Crippen molar-refractivity contribution in [1.82, 2.24) is 25.6 Å². The minimum atomic E-state index is -0.908. The van der Waals surface area contributed by atoms with E-state index < -0.39 is 11.4 Å². The Balaban J connectivity index is 0.000000181. The van der Waals surface area contributed by atoms with Gasteiger partial charge in [-0.05, 0) is 148 Å². The average molecular weight is 1550 g/mol. The van der Waals surface area contributed by atoms with Crippen LogP contribution in [0.3, 0.4) is 0 Å². The lowest BCUT2D eigenvalue weighted by Gasteiger charge is -2.45. The lowest BCUT2D eigenvalue weighted by Crippen LogP contribution is -2.52. The molecule has 0 saturated heterocycles. The smallest absolute Gasteiger partial charge is 0.338 e. The molecule has 12 rings (SSSR count).